The number of pyridine rings is 1. The van der Waals surface area contributed by atoms with Crippen molar-refractivity contribution in [2.75, 3.05) is 0 Å². The van der Waals surface area contributed by atoms with E-state index in [4.69, 9.17) is 16.4 Å². The molecule has 0 saturated heterocycles. The van der Waals surface area contributed by atoms with Gasteiger partial charge in [-0.1, -0.05) is 54.6 Å². The smallest absolute Gasteiger partial charge is 0.201 e. The molecule has 0 aliphatic heterocycles. The summed E-state index contributed by atoms with van der Waals surface area (Å²) in [6, 6.07) is 17.2. The molecule has 0 aliphatic rings. The normalized spacial score (nSPS) is 18.6. The second-order valence-corrected chi connectivity index (χ2v) is 7.40. The maximum absolute atomic E-state index is 8.20. The Kier molecular flexibility index (Phi) is 2.69. The van der Waals surface area contributed by atoms with Gasteiger partial charge in [-0.2, -0.15) is 0 Å². The second-order valence-electron chi connectivity index (χ2n) is 7.40. The Morgan fingerprint density at radius 2 is 1.13 bits per heavy atom. The summed E-state index contributed by atoms with van der Waals surface area (Å²) in [5, 5.41) is 0. The number of benzene rings is 3. The van der Waals surface area contributed by atoms with Crippen molar-refractivity contribution in [3.05, 3.63) is 101 Å². The van der Waals surface area contributed by atoms with Gasteiger partial charge in [0.25, 0.3) is 0 Å². The minimum Gasteiger partial charge on any atom is -0.201 e. The monoisotopic (exact) mass is 404 g/mol. The maximum Gasteiger partial charge on any atom is 0.213 e. The first-order chi connectivity index (χ1) is 19.2. The number of hydrogen-bond acceptors (Lipinski definition) is 0. The lowest BCUT2D eigenvalue weighted by molar-refractivity contribution is -0.660. The van der Waals surface area contributed by atoms with E-state index in [0.717, 1.165) is 0 Å². The van der Waals surface area contributed by atoms with E-state index in [9.17, 15) is 0 Å². The Balaban J connectivity index is 2.11. The van der Waals surface area contributed by atoms with E-state index in [2.05, 4.69) is 0 Å². The van der Waals surface area contributed by atoms with Crippen molar-refractivity contribution in [3.8, 4) is 33.5 Å². The molecule has 1 heteroatoms. The highest BCUT2D eigenvalue weighted by atomic mass is 14.9. The van der Waals surface area contributed by atoms with Crippen molar-refractivity contribution in [2.45, 2.75) is 34.3 Å². The van der Waals surface area contributed by atoms with Crippen LogP contribution in [-0.2, 0) is 7.05 Å². The van der Waals surface area contributed by atoms with E-state index in [1.54, 1.807) is 67.1 Å². The topological polar surface area (TPSA) is 3.88 Å². The molecule has 1 nitrogen and oxygen atoms in total. The fraction of sp³-hybridized carbons (Fsp3) is 0.207. The summed E-state index contributed by atoms with van der Waals surface area (Å²) >= 11 is 0. The molecule has 0 aliphatic carbocycles. The van der Waals surface area contributed by atoms with Crippen LogP contribution in [0.3, 0.4) is 0 Å². The number of nitrogens with zero attached hydrogens (tertiary/aromatic N) is 1. The van der Waals surface area contributed by atoms with Gasteiger partial charge in [0.05, 0.1) is 0 Å². The van der Waals surface area contributed by atoms with Gasteiger partial charge >= 0.3 is 0 Å². The summed E-state index contributed by atoms with van der Waals surface area (Å²) < 4.78 is 99.1. The van der Waals surface area contributed by atoms with Crippen LogP contribution in [-0.4, -0.2) is 0 Å². The van der Waals surface area contributed by atoms with Gasteiger partial charge in [-0.15, -0.1) is 0 Å². The molecule has 1 heterocycles. The first-order valence-corrected chi connectivity index (χ1v) is 9.60. The third-order valence-electron chi connectivity index (χ3n) is 5.35. The van der Waals surface area contributed by atoms with Gasteiger partial charge in [0, 0.05) is 33.6 Å². The molecule has 0 spiro atoms. The molecule has 0 atom stereocenters. The fourth-order valence-electron chi connectivity index (χ4n) is 3.78. The average Bonchev–Trinajstić information content (AvgIpc) is 2.86. The molecule has 30 heavy (non-hydrogen) atoms. The molecular weight excluding hydrogens is 362 g/mol. The summed E-state index contributed by atoms with van der Waals surface area (Å²) in [6.45, 7) is -8.43. The second kappa shape index (κ2) is 7.91. The zero-order chi connectivity index (χ0) is 31.4. The Morgan fingerprint density at radius 1 is 0.567 bits per heavy atom. The highest BCUT2D eigenvalue weighted by Crippen LogP contribution is 2.35. The zero-order valence-corrected chi connectivity index (χ0v) is 16.9. The van der Waals surface area contributed by atoms with Crippen LogP contribution >= 0.6 is 0 Å². The van der Waals surface area contributed by atoms with E-state index in [-0.39, 0.29) is 44.5 Å². The third kappa shape index (κ3) is 3.57. The largest absolute Gasteiger partial charge is 0.213 e. The number of rotatable bonds is 3. The Morgan fingerprint density at radius 3 is 1.73 bits per heavy atom. The van der Waals surface area contributed by atoms with Crippen LogP contribution in [0, 0.1) is 34.3 Å². The van der Waals surface area contributed by atoms with Gasteiger partial charge in [-0.3, -0.25) is 0 Å². The lowest BCUT2D eigenvalue weighted by Crippen LogP contribution is -2.31. The van der Waals surface area contributed by atoms with Gasteiger partial charge in [0.1, 0.15) is 7.05 Å². The minimum atomic E-state index is -2.57. The molecule has 0 N–H and O–H groups in total. The average molecular weight is 405 g/mol. The van der Waals surface area contributed by atoms with E-state index >= 15 is 0 Å². The van der Waals surface area contributed by atoms with Crippen LogP contribution in [0.2, 0.25) is 0 Å². The van der Waals surface area contributed by atoms with Crippen molar-refractivity contribution < 1.29 is 21.0 Å². The van der Waals surface area contributed by atoms with Crippen LogP contribution in [0.1, 0.15) is 44.3 Å². The summed E-state index contributed by atoms with van der Waals surface area (Å²) in [5.74, 6) is 0. The fourth-order valence-corrected chi connectivity index (χ4v) is 3.78. The van der Waals surface area contributed by atoms with Crippen LogP contribution in [0.4, 0.5) is 0 Å². The van der Waals surface area contributed by atoms with Crippen molar-refractivity contribution in [3.63, 3.8) is 0 Å². The van der Waals surface area contributed by atoms with Crippen molar-refractivity contribution >= 4 is 0 Å². The quantitative estimate of drug-likeness (QED) is 0.322. The molecule has 0 bridgehead atoms. The molecule has 3 aromatic carbocycles. The molecule has 4 rings (SSSR count). The number of aryl methyl sites for hydroxylation is 6. The first kappa shape index (κ1) is 10.2. The van der Waals surface area contributed by atoms with Gasteiger partial charge in [0.15, 0.2) is 6.20 Å². The summed E-state index contributed by atoms with van der Waals surface area (Å²) in [7, 11) is 1.65. The van der Waals surface area contributed by atoms with Crippen LogP contribution in [0.5, 0.6) is 0 Å². The van der Waals surface area contributed by atoms with Crippen molar-refractivity contribution in [1.29, 1.82) is 0 Å². The molecule has 0 fully saturated rings. The molecule has 0 amide bonds. The van der Waals surface area contributed by atoms with Crippen molar-refractivity contribution in [2.24, 2.45) is 7.05 Å². The van der Waals surface area contributed by atoms with Crippen LogP contribution < -0.4 is 4.57 Å². The van der Waals surface area contributed by atoms with Gasteiger partial charge in [-0.25, -0.2) is 4.57 Å². The highest BCUT2D eigenvalue weighted by molar-refractivity contribution is 5.79. The summed E-state index contributed by atoms with van der Waals surface area (Å²) in [6.07, 6.45) is 1.43. The third-order valence-corrected chi connectivity index (χ3v) is 5.35. The predicted octanol–water partition coefficient (Wildman–Crippen LogP) is 7.05. The Bertz CT molecular complexity index is 1520. The molecule has 150 valence electrons. The van der Waals surface area contributed by atoms with E-state index in [1.807, 2.05) is 0 Å². The Labute approximate surface area is 197 Å². The predicted molar refractivity (Wildman–Crippen MR) is 128 cm³/mol. The molecule has 4 aromatic rings. The van der Waals surface area contributed by atoms with Gasteiger partial charge < -0.3 is 0 Å². The highest BCUT2D eigenvalue weighted by Gasteiger charge is 2.19. The van der Waals surface area contributed by atoms with E-state index in [0.29, 0.717) is 16.8 Å². The number of aromatic nitrogens is 1. The Hall–Kier alpha value is -3.19. The lowest BCUT2D eigenvalue weighted by Gasteiger charge is -2.15. The molecule has 1 aromatic heterocycles. The van der Waals surface area contributed by atoms with Crippen LogP contribution in [0.25, 0.3) is 33.5 Å². The molecule has 0 unspecified atom stereocenters. The van der Waals surface area contributed by atoms with Gasteiger partial charge in [-0.05, 0) is 84.9 Å². The maximum atomic E-state index is 8.20. The van der Waals surface area contributed by atoms with Crippen LogP contribution in [0.15, 0.2) is 72.9 Å². The van der Waals surface area contributed by atoms with Crippen molar-refractivity contribution in [1.82, 2.24) is 0 Å². The zero-order valence-electron chi connectivity index (χ0n) is 28.9. The molecule has 0 radical (unpaired) electrons. The standard InChI is InChI=1S/C29H30N/c1-19-11-7-9-13-24(19)26-16-28(22(4)15-21(26)3)29-17-27(23(5)18-30(29)6)25-14-10-8-12-20(25)2/h7-18H,1-6H3/q+1/i1D3,2D3,3D3,5D3. The first-order valence-electron chi connectivity index (χ1n) is 15.6. The minimum absolute atomic E-state index is 0.000258. The summed E-state index contributed by atoms with van der Waals surface area (Å²) in [5.41, 5.74) is 2.43. The molecular formula is C29H30N+. The van der Waals surface area contributed by atoms with E-state index < -0.39 is 27.4 Å². The lowest BCUT2D eigenvalue weighted by atomic mass is 9.90. The van der Waals surface area contributed by atoms with Gasteiger partial charge in [0.2, 0.25) is 5.69 Å². The number of hydrogen-bond donors (Lipinski definition) is 0. The van der Waals surface area contributed by atoms with E-state index in [1.165, 1.54) is 24.4 Å². The summed E-state index contributed by atoms with van der Waals surface area (Å²) in [4.78, 5) is 0. The molecule has 0 saturated carbocycles. The SMILES string of the molecule is [2H]C([2H])([2H])c1ccccc1-c1cc(-c2cc(-c3ccccc3C([2H])([2H])[2H])c(C([2H])([2H])[2H])c[n+]2C)c(C)cc1C([2H])([2H])[2H].